The quantitative estimate of drug-likeness (QED) is 0.391. The van der Waals surface area contributed by atoms with Gasteiger partial charge in [0.2, 0.25) is 14.2 Å². The smallest absolute Gasteiger partial charge is 0.338 e. The number of cyclic esters (lactones) is 1. The summed E-state index contributed by atoms with van der Waals surface area (Å²) in [5, 5.41) is 2.75. The molecule has 0 unspecified atom stereocenters. The first-order valence-corrected chi connectivity index (χ1v) is 16.9. The molecular weight excluding hydrogens is 510 g/mol. The number of amides is 1. The van der Waals surface area contributed by atoms with Crippen LogP contribution in [0.4, 0.5) is 0 Å². The Morgan fingerprint density at radius 3 is 2.41 bits per heavy atom. The lowest BCUT2D eigenvalue weighted by Gasteiger charge is -2.37. The Morgan fingerprint density at radius 1 is 1.11 bits per heavy atom. The van der Waals surface area contributed by atoms with E-state index in [0.717, 1.165) is 12.8 Å². The molecule has 2 rings (SSSR count). The summed E-state index contributed by atoms with van der Waals surface area (Å²) in [4.78, 5) is 38.2. The molecule has 0 aromatic heterocycles. The van der Waals surface area contributed by atoms with Gasteiger partial charge >= 0.3 is 11.9 Å². The lowest BCUT2D eigenvalue weighted by molar-refractivity contribution is -0.144. The van der Waals surface area contributed by atoms with Crippen molar-refractivity contribution in [1.82, 2.24) is 5.32 Å². The van der Waals surface area contributed by atoms with Gasteiger partial charge in [-0.25, -0.2) is 9.59 Å². The third-order valence-electron chi connectivity index (χ3n) is 7.08. The number of benzene rings is 1. The second-order valence-electron chi connectivity index (χ2n) is 10.9. The molecule has 0 bridgehead atoms. The van der Waals surface area contributed by atoms with E-state index in [-0.39, 0.29) is 16.7 Å². The lowest BCUT2D eigenvalue weighted by Crippen LogP contribution is -2.44. The van der Waals surface area contributed by atoms with Crippen molar-refractivity contribution in [3.05, 3.63) is 22.8 Å². The molecule has 1 N–H and O–H groups in total. The van der Waals surface area contributed by atoms with Crippen LogP contribution in [0.15, 0.2) is 6.07 Å². The molecule has 8 nitrogen and oxygen atoms in total. The van der Waals surface area contributed by atoms with E-state index in [9.17, 15) is 14.4 Å². The lowest BCUT2D eigenvalue weighted by atomic mass is 10.0. The molecule has 1 aromatic rings. The number of thioether (sulfide) groups is 1. The van der Waals surface area contributed by atoms with E-state index in [0.29, 0.717) is 59.8 Å². The van der Waals surface area contributed by atoms with Gasteiger partial charge in [0.1, 0.15) is 17.5 Å². The maximum absolute atomic E-state index is 13.4. The van der Waals surface area contributed by atoms with Crippen LogP contribution in [-0.2, 0) is 24.8 Å². The highest BCUT2D eigenvalue weighted by Gasteiger charge is 2.40. The first-order valence-electron chi connectivity index (χ1n) is 12.8. The summed E-state index contributed by atoms with van der Waals surface area (Å²) in [6, 6.07) is 1.07. The van der Waals surface area contributed by atoms with Crippen molar-refractivity contribution in [2.24, 2.45) is 0 Å². The second-order valence-corrected chi connectivity index (χ2v) is 16.6. The molecule has 0 saturated carbocycles. The monoisotopic (exact) mass is 553 g/mol. The van der Waals surface area contributed by atoms with Gasteiger partial charge in [0, 0.05) is 35.1 Å². The number of methoxy groups -OCH3 is 2. The van der Waals surface area contributed by atoms with Crippen LogP contribution in [0.3, 0.4) is 0 Å². The van der Waals surface area contributed by atoms with Gasteiger partial charge in [0.05, 0.1) is 26.4 Å². The first kappa shape index (κ1) is 31.0. The van der Waals surface area contributed by atoms with Crippen LogP contribution in [0.1, 0.15) is 74.4 Å². The molecule has 37 heavy (non-hydrogen) atoms. The predicted molar refractivity (Wildman–Crippen MR) is 149 cm³/mol. The zero-order chi connectivity index (χ0) is 27.8. The van der Waals surface area contributed by atoms with Gasteiger partial charge in [-0.1, -0.05) is 33.6 Å². The molecule has 1 aliphatic rings. The fourth-order valence-electron chi connectivity index (χ4n) is 3.77. The zero-order valence-electron chi connectivity index (χ0n) is 23.6. The topological polar surface area (TPSA) is 100 Å². The minimum Gasteiger partial charge on any atom is -0.543 e. The summed E-state index contributed by atoms with van der Waals surface area (Å²) in [7, 11) is 0.612. The van der Waals surface area contributed by atoms with E-state index >= 15 is 0 Å². The van der Waals surface area contributed by atoms with Crippen LogP contribution in [-0.4, -0.2) is 58.8 Å². The van der Waals surface area contributed by atoms with Gasteiger partial charge in [-0.05, 0) is 37.9 Å². The molecule has 0 radical (unpaired) electrons. The minimum atomic E-state index is -2.27. The van der Waals surface area contributed by atoms with Crippen LogP contribution >= 0.6 is 11.8 Å². The molecule has 1 aliphatic heterocycles. The number of esters is 2. The maximum atomic E-state index is 13.4. The Hall–Kier alpha value is -2.20. The Balaban J connectivity index is 2.55. The number of carbonyl (C=O) groups excluding carboxylic acids is 3. The number of fused-ring (bicyclic) bond motifs is 1. The third-order valence-corrected chi connectivity index (χ3v) is 12.5. The van der Waals surface area contributed by atoms with Crippen LogP contribution in [0.25, 0.3) is 0 Å². The van der Waals surface area contributed by atoms with Crippen LogP contribution in [0.2, 0.25) is 18.1 Å². The molecule has 208 valence electrons. The Morgan fingerprint density at radius 2 is 1.78 bits per heavy atom. The van der Waals surface area contributed by atoms with Crippen molar-refractivity contribution >= 4 is 37.9 Å². The molecule has 1 amide bonds. The molecule has 0 fully saturated rings. The van der Waals surface area contributed by atoms with Crippen LogP contribution in [0, 0.1) is 6.92 Å². The Labute approximate surface area is 226 Å². The highest BCUT2D eigenvalue weighted by atomic mass is 32.2. The van der Waals surface area contributed by atoms with Crippen LogP contribution in [0.5, 0.6) is 11.5 Å². The van der Waals surface area contributed by atoms with Crippen molar-refractivity contribution in [1.29, 1.82) is 0 Å². The van der Waals surface area contributed by atoms with E-state index in [1.807, 2.05) is 13.0 Å². The van der Waals surface area contributed by atoms with Crippen molar-refractivity contribution in [2.45, 2.75) is 89.7 Å². The van der Waals surface area contributed by atoms with Crippen molar-refractivity contribution in [3.8, 4) is 11.5 Å². The molecule has 0 aliphatic carbocycles. The maximum Gasteiger partial charge on any atom is 0.338 e. The molecule has 1 heterocycles. The molecule has 0 spiro atoms. The number of rotatable bonds is 4. The van der Waals surface area contributed by atoms with E-state index in [1.165, 1.54) is 18.9 Å². The summed E-state index contributed by atoms with van der Waals surface area (Å²) >= 11 is 1.43. The van der Waals surface area contributed by atoms with E-state index in [1.54, 1.807) is 7.11 Å². The largest absolute Gasteiger partial charge is 0.543 e. The summed E-state index contributed by atoms with van der Waals surface area (Å²) in [5.74, 6) is 0.747. The fourth-order valence-corrected chi connectivity index (χ4v) is 5.87. The Bertz CT molecular complexity index is 974. The summed E-state index contributed by atoms with van der Waals surface area (Å²) in [6.07, 6.45) is 3.41. The van der Waals surface area contributed by atoms with E-state index < -0.39 is 26.3 Å². The minimum absolute atomic E-state index is 0.0653. The number of nitrogens with one attached hydrogen (secondary N) is 1. The van der Waals surface area contributed by atoms with Crippen molar-refractivity contribution < 1.29 is 33.0 Å². The fraction of sp³-hybridized carbons (Fsp3) is 0.667. The number of hydrogen-bond donors (Lipinski definition) is 1. The summed E-state index contributed by atoms with van der Waals surface area (Å²) < 4.78 is 23.0. The van der Waals surface area contributed by atoms with Gasteiger partial charge < -0.3 is 24.0 Å². The first-order chi connectivity index (χ1) is 17.3. The third kappa shape index (κ3) is 8.40. The van der Waals surface area contributed by atoms with Gasteiger partial charge in [-0.15, -0.1) is 0 Å². The second kappa shape index (κ2) is 13.5. The molecule has 1 atom stereocenters. The molecular formula is C27H43NO7SSi. The molecule has 10 heteroatoms. The predicted octanol–water partition coefficient (Wildman–Crippen LogP) is 5.40. The highest BCUT2D eigenvalue weighted by Crippen LogP contribution is 2.42. The SMILES string of the molecule is COC(=O)[C@@H]1CSCc2c(O[Si](C)(C)C(C)(C)C)cc(OC)c(C)c2C(=O)OCCCCCCC(=O)N1. The standard InChI is InChI=1S/C27H43NO7SSi/c1-18-21(32-5)15-22(35-37(7,8)27(2,3)4)19-16-36-17-20(25(30)33-6)28-23(29)13-11-9-10-12-14-34-26(31)24(18)19/h15,20H,9-14,16-17H2,1-8H3,(H,28,29)/t20-/m0/s1. The summed E-state index contributed by atoms with van der Waals surface area (Å²) in [6.45, 7) is 12.9. The van der Waals surface area contributed by atoms with Gasteiger partial charge in [0.25, 0.3) is 0 Å². The molecule has 1 aromatic carbocycles. The number of ether oxygens (including phenoxy) is 3. The van der Waals surface area contributed by atoms with E-state index in [4.69, 9.17) is 18.6 Å². The van der Waals surface area contributed by atoms with Gasteiger partial charge in [-0.3, -0.25) is 4.79 Å². The van der Waals surface area contributed by atoms with Crippen molar-refractivity contribution in [3.63, 3.8) is 0 Å². The van der Waals surface area contributed by atoms with Gasteiger partial charge in [0.15, 0.2) is 0 Å². The number of hydrogen-bond acceptors (Lipinski definition) is 8. The molecule has 0 saturated heterocycles. The van der Waals surface area contributed by atoms with Crippen molar-refractivity contribution in [2.75, 3.05) is 26.6 Å². The zero-order valence-corrected chi connectivity index (χ0v) is 25.4. The van der Waals surface area contributed by atoms with E-state index in [2.05, 4.69) is 39.2 Å². The number of carbonyl (C=O) groups is 3. The Kier molecular flexibility index (Phi) is 11.4. The summed E-state index contributed by atoms with van der Waals surface area (Å²) in [5.41, 5.74) is 1.83. The van der Waals surface area contributed by atoms with Gasteiger partial charge in [-0.2, -0.15) is 11.8 Å². The average molecular weight is 554 g/mol. The van der Waals surface area contributed by atoms with Crippen LogP contribution < -0.4 is 14.5 Å². The normalized spacial score (nSPS) is 18.8. The highest BCUT2D eigenvalue weighted by molar-refractivity contribution is 7.98. The average Bonchev–Trinajstić information content (AvgIpc) is 2.82.